The van der Waals surface area contributed by atoms with Gasteiger partial charge in [0.05, 0.1) is 12.7 Å². The van der Waals surface area contributed by atoms with Gasteiger partial charge in [-0.1, -0.05) is 25.5 Å². The Kier molecular flexibility index (Phi) is 4.92. The first-order chi connectivity index (χ1) is 14.2. The summed E-state index contributed by atoms with van der Waals surface area (Å²) in [7, 11) is 0. The first-order valence-corrected chi connectivity index (χ1v) is 12.0. The number of carbonyl (C=O) groups excluding carboxylic acids is 1. The standard InChI is InChI=1S/C25H38O5/c1-15(26)19-7-8-20-18-6-5-17-13-25(11-12-28-30-25)10-9-23(17,3)22(18)21(29-16(2)27)14-24(19,20)4/h5,15,18-22,26H,6-14H2,1-4H3/t15?,18-,19+,20-,21-,22+,23-,24+,25?/m0/s1. The molecule has 1 saturated heterocycles. The van der Waals surface area contributed by atoms with E-state index in [-0.39, 0.29) is 34.6 Å². The zero-order valence-corrected chi connectivity index (χ0v) is 19.0. The van der Waals surface area contributed by atoms with Crippen LogP contribution in [-0.2, 0) is 19.3 Å². The van der Waals surface area contributed by atoms with Crippen molar-refractivity contribution in [1.29, 1.82) is 0 Å². The van der Waals surface area contributed by atoms with Crippen molar-refractivity contribution in [2.24, 2.45) is 34.5 Å². The van der Waals surface area contributed by atoms with Gasteiger partial charge >= 0.3 is 5.97 Å². The average Bonchev–Trinajstić information content (AvgIpc) is 3.25. The van der Waals surface area contributed by atoms with E-state index in [0.29, 0.717) is 30.3 Å². The van der Waals surface area contributed by atoms with E-state index in [1.165, 1.54) is 12.0 Å². The second kappa shape index (κ2) is 7.05. The molecule has 0 bridgehead atoms. The lowest BCUT2D eigenvalue weighted by Gasteiger charge is -2.61. The number of rotatable bonds is 2. The van der Waals surface area contributed by atoms with Crippen LogP contribution in [0.5, 0.6) is 0 Å². The normalized spacial score (nSPS) is 51.0. The van der Waals surface area contributed by atoms with Gasteiger partial charge in [-0.3, -0.25) is 4.79 Å². The molecule has 3 saturated carbocycles. The molecule has 4 aliphatic carbocycles. The molecular formula is C25H38O5. The number of aliphatic hydroxyl groups excluding tert-OH is 1. The quantitative estimate of drug-likeness (QED) is 0.404. The molecule has 0 amide bonds. The molecule has 5 rings (SSSR count). The maximum atomic E-state index is 12.1. The maximum absolute atomic E-state index is 12.1. The van der Waals surface area contributed by atoms with E-state index in [0.717, 1.165) is 44.9 Å². The van der Waals surface area contributed by atoms with Crippen LogP contribution in [0.25, 0.3) is 0 Å². The number of allylic oxidation sites excluding steroid dienone is 1. The average molecular weight is 419 g/mol. The summed E-state index contributed by atoms with van der Waals surface area (Å²) >= 11 is 0. The zero-order chi connectivity index (χ0) is 21.3. The third kappa shape index (κ3) is 2.95. The first-order valence-electron chi connectivity index (χ1n) is 12.0. The fraction of sp³-hybridized carbons (Fsp3) is 0.880. The minimum absolute atomic E-state index is 0.0371. The molecule has 1 spiro atoms. The molecule has 0 aromatic heterocycles. The number of ether oxygens (including phenoxy) is 1. The molecule has 0 aromatic rings. The van der Waals surface area contributed by atoms with E-state index in [1.54, 1.807) is 6.92 Å². The van der Waals surface area contributed by atoms with Crippen LogP contribution < -0.4 is 0 Å². The predicted octanol–water partition coefficient (Wildman–Crippen LogP) is 4.58. The van der Waals surface area contributed by atoms with E-state index in [4.69, 9.17) is 14.5 Å². The van der Waals surface area contributed by atoms with Gasteiger partial charge in [-0.05, 0) is 74.0 Å². The van der Waals surface area contributed by atoms with Gasteiger partial charge in [-0.15, -0.1) is 0 Å². The summed E-state index contributed by atoms with van der Waals surface area (Å²) in [5.74, 6) is 1.57. The van der Waals surface area contributed by atoms with Gasteiger partial charge < -0.3 is 9.84 Å². The van der Waals surface area contributed by atoms with Gasteiger partial charge in [0.25, 0.3) is 0 Å². The van der Waals surface area contributed by atoms with E-state index >= 15 is 0 Å². The van der Waals surface area contributed by atoms with Gasteiger partial charge in [-0.2, -0.15) is 0 Å². The largest absolute Gasteiger partial charge is 0.462 e. The summed E-state index contributed by atoms with van der Waals surface area (Å²) in [6.45, 7) is 8.95. The predicted molar refractivity (Wildman–Crippen MR) is 112 cm³/mol. The smallest absolute Gasteiger partial charge is 0.302 e. The Balaban J connectivity index is 1.52. The lowest BCUT2D eigenvalue weighted by molar-refractivity contribution is -0.315. The van der Waals surface area contributed by atoms with Gasteiger partial charge in [-0.25, -0.2) is 9.78 Å². The molecule has 0 radical (unpaired) electrons. The number of esters is 1. The minimum Gasteiger partial charge on any atom is -0.462 e. The fourth-order valence-electron chi connectivity index (χ4n) is 8.67. The van der Waals surface area contributed by atoms with Gasteiger partial charge in [0, 0.05) is 25.7 Å². The molecular weight excluding hydrogens is 380 g/mol. The van der Waals surface area contributed by atoms with Gasteiger partial charge in [0.1, 0.15) is 11.7 Å². The van der Waals surface area contributed by atoms with E-state index in [9.17, 15) is 9.90 Å². The van der Waals surface area contributed by atoms with E-state index in [2.05, 4.69) is 19.9 Å². The minimum atomic E-state index is -0.311. The van der Waals surface area contributed by atoms with Crippen molar-refractivity contribution in [1.82, 2.24) is 0 Å². The molecule has 1 heterocycles. The topological polar surface area (TPSA) is 65.0 Å². The summed E-state index contributed by atoms with van der Waals surface area (Å²) in [6.07, 6.45) is 10.3. The number of hydrogen-bond donors (Lipinski definition) is 1. The maximum Gasteiger partial charge on any atom is 0.302 e. The summed E-state index contributed by atoms with van der Waals surface area (Å²) in [5, 5.41) is 10.5. The van der Waals surface area contributed by atoms with E-state index in [1.807, 2.05) is 6.92 Å². The van der Waals surface area contributed by atoms with Crippen LogP contribution in [0.1, 0.15) is 79.1 Å². The highest BCUT2D eigenvalue weighted by molar-refractivity contribution is 5.66. The van der Waals surface area contributed by atoms with Crippen molar-refractivity contribution in [2.75, 3.05) is 6.61 Å². The second-order valence-corrected chi connectivity index (χ2v) is 11.5. The van der Waals surface area contributed by atoms with Crippen LogP contribution in [0.15, 0.2) is 11.6 Å². The number of aliphatic hydroxyl groups is 1. The Bertz CT molecular complexity index is 738. The molecule has 0 aromatic carbocycles. The Hall–Kier alpha value is -0.910. The molecule has 168 valence electrons. The summed E-state index contributed by atoms with van der Waals surface area (Å²) in [5.41, 5.74) is 1.43. The van der Waals surface area contributed by atoms with Crippen LogP contribution in [0.3, 0.4) is 0 Å². The number of hydrogen-bond acceptors (Lipinski definition) is 5. The Morgan fingerprint density at radius 2 is 2.07 bits per heavy atom. The second-order valence-electron chi connectivity index (χ2n) is 11.5. The molecule has 1 N–H and O–H groups in total. The SMILES string of the molecule is CC(=O)O[C@H]1C[C@]2(C)[C@@H](C(C)O)CC[C@H]2[C@@H]2CC=C3CC4(CCOO4)CC[C@]3(C)[C@H]21. The Morgan fingerprint density at radius 3 is 2.73 bits per heavy atom. The number of fused-ring (bicyclic) bond motifs is 5. The van der Waals surface area contributed by atoms with Crippen molar-refractivity contribution in [2.45, 2.75) is 96.9 Å². The Morgan fingerprint density at radius 1 is 1.27 bits per heavy atom. The monoisotopic (exact) mass is 418 g/mol. The fourth-order valence-corrected chi connectivity index (χ4v) is 8.67. The highest BCUT2D eigenvalue weighted by atomic mass is 17.2. The molecule has 5 nitrogen and oxygen atoms in total. The van der Waals surface area contributed by atoms with Gasteiger partial charge in [0.2, 0.25) is 0 Å². The molecule has 4 fully saturated rings. The lowest BCUT2D eigenvalue weighted by atomic mass is 9.45. The summed E-state index contributed by atoms with van der Waals surface area (Å²) in [4.78, 5) is 23.2. The third-order valence-corrected chi connectivity index (χ3v) is 10.00. The molecule has 5 aliphatic rings. The highest BCUT2D eigenvalue weighted by Crippen LogP contribution is 2.68. The summed E-state index contributed by atoms with van der Waals surface area (Å²) in [6, 6.07) is 0. The van der Waals surface area contributed by atoms with Crippen LogP contribution >= 0.6 is 0 Å². The van der Waals surface area contributed by atoms with Crippen molar-refractivity contribution in [3.63, 3.8) is 0 Å². The molecule has 2 unspecified atom stereocenters. The molecule has 5 heteroatoms. The van der Waals surface area contributed by atoms with Crippen molar-refractivity contribution in [3.05, 3.63) is 11.6 Å². The van der Waals surface area contributed by atoms with Crippen molar-refractivity contribution >= 4 is 5.97 Å². The molecule has 1 aliphatic heterocycles. The van der Waals surface area contributed by atoms with Crippen LogP contribution in [0.4, 0.5) is 0 Å². The van der Waals surface area contributed by atoms with Crippen LogP contribution in [0.2, 0.25) is 0 Å². The Labute approximate surface area is 180 Å². The van der Waals surface area contributed by atoms with Crippen LogP contribution in [-0.4, -0.2) is 35.5 Å². The molecule has 9 atom stereocenters. The van der Waals surface area contributed by atoms with E-state index < -0.39 is 0 Å². The molecule has 30 heavy (non-hydrogen) atoms. The first kappa shape index (κ1) is 21.0. The number of carbonyl (C=O) groups is 1. The zero-order valence-electron chi connectivity index (χ0n) is 19.0. The highest BCUT2D eigenvalue weighted by Gasteiger charge is 2.64. The third-order valence-electron chi connectivity index (χ3n) is 10.00. The van der Waals surface area contributed by atoms with Crippen molar-refractivity contribution in [3.8, 4) is 0 Å². The lowest BCUT2D eigenvalue weighted by Crippen LogP contribution is -2.58. The van der Waals surface area contributed by atoms with Crippen molar-refractivity contribution < 1.29 is 24.4 Å². The van der Waals surface area contributed by atoms with Crippen LogP contribution in [0, 0.1) is 34.5 Å². The van der Waals surface area contributed by atoms with Gasteiger partial charge in [0.15, 0.2) is 0 Å². The summed E-state index contributed by atoms with van der Waals surface area (Å²) < 4.78 is 6.09.